The Morgan fingerprint density at radius 3 is 2.14 bits per heavy atom. The van der Waals surface area contributed by atoms with E-state index in [2.05, 4.69) is 60.5 Å². The van der Waals surface area contributed by atoms with Crippen molar-refractivity contribution in [2.45, 2.75) is 78.9 Å². The lowest BCUT2D eigenvalue weighted by Crippen LogP contribution is -2.33. The minimum Gasteiger partial charge on any atom is -0.549 e. The third-order valence-electron chi connectivity index (χ3n) is 4.56. The molecular formula is C19H36OSi. The Kier molecular flexibility index (Phi) is 10.5. The van der Waals surface area contributed by atoms with Crippen molar-refractivity contribution in [3.8, 4) is 0 Å². The van der Waals surface area contributed by atoms with Crippen molar-refractivity contribution in [1.82, 2.24) is 0 Å². The van der Waals surface area contributed by atoms with Crippen LogP contribution >= 0.6 is 0 Å². The lowest BCUT2D eigenvalue weighted by molar-refractivity contribution is 0.438. The normalized spacial score (nSPS) is 13.7. The van der Waals surface area contributed by atoms with Crippen LogP contribution < -0.4 is 0 Å². The van der Waals surface area contributed by atoms with Gasteiger partial charge in [0.1, 0.15) is 0 Å². The summed E-state index contributed by atoms with van der Waals surface area (Å²) < 4.78 is 6.35. The van der Waals surface area contributed by atoms with E-state index in [0.717, 1.165) is 12.8 Å². The minimum absolute atomic E-state index is 0.566. The van der Waals surface area contributed by atoms with E-state index in [1.807, 2.05) is 6.08 Å². The first kappa shape index (κ1) is 20.2. The highest BCUT2D eigenvalue weighted by Gasteiger charge is 2.29. The van der Waals surface area contributed by atoms with Gasteiger partial charge >= 0.3 is 0 Å². The lowest BCUT2D eigenvalue weighted by atomic mass is 9.94. The van der Waals surface area contributed by atoms with Crippen molar-refractivity contribution in [2.75, 3.05) is 0 Å². The van der Waals surface area contributed by atoms with E-state index in [9.17, 15) is 0 Å². The van der Waals surface area contributed by atoms with Crippen LogP contribution in [0.25, 0.3) is 0 Å². The molecule has 0 N–H and O–H groups in total. The van der Waals surface area contributed by atoms with Crippen LogP contribution in [-0.4, -0.2) is 8.32 Å². The van der Waals surface area contributed by atoms with Gasteiger partial charge in [-0.1, -0.05) is 45.4 Å². The summed E-state index contributed by atoms with van der Waals surface area (Å²) in [5, 5.41) is 0. The molecular weight excluding hydrogens is 272 g/mol. The van der Waals surface area contributed by atoms with E-state index < -0.39 is 8.32 Å². The Bertz CT molecular complexity index is 338. The molecule has 0 fully saturated rings. The fourth-order valence-electron chi connectivity index (χ4n) is 2.54. The molecule has 21 heavy (non-hydrogen) atoms. The highest BCUT2D eigenvalue weighted by Crippen LogP contribution is 2.26. The van der Waals surface area contributed by atoms with Crippen molar-refractivity contribution in [3.05, 3.63) is 36.1 Å². The first-order valence-electron chi connectivity index (χ1n) is 8.55. The molecule has 0 amide bonds. The van der Waals surface area contributed by atoms with Crippen molar-refractivity contribution >= 4 is 8.32 Å². The predicted octanol–water partition coefficient (Wildman–Crippen LogP) is 6.85. The van der Waals surface area contributed by atoms with E-state index in [4.69, 9.17) is 4.43 Å². The summed E-state index contributed by atoms with van der Waals surface area (Å²) in [6, 6.07) is 3.60. The molecule has 0 aliphatic rings. The molecule has 0 saturated heterocycles. The quantitative estimate of drug-likeness (QED) is 0.230. The van der Waals surface area contributed by atoms with Gasteiger partial charge in [0, 0.05) is 0 Å². The van der Waals surface area contributed by atoms with Crippen LogP contribution in [0.3, 0.4) is 0 Å². The smallest absolute Gasteiger partial charge is 0.249 e. The molecule has 1 unspecified atom stereocenters. The van der Waals surface area contributed by atoms with E-state index in [0.29, 0.717) is 5.92 Å². The SMILES string of the molecule is C=CC/C(=C/O[Si](CC)(CC)CC)C(C)CCC=C(C)C. The third-order valence-corrected chi connectivity index (χ3v) is 9.04. The van der Waals surface area contributed by atoms with Crippen LogP contribution in [0.1, 0.15) is 60.8 Å². The van der Waals surface area contributed by atoms with E-state index in [1.165, 1.54) is 35.7 Å². The fourth-order valence-corrected chi connectivity index (χ4v) is 4.94. The van der Waals surface area contributed by atoms with Crippen LogP contribution in [0.2, 0.25) is 18.1 Å². The molecule has 0 aromatic carbocycles. The first-order chi connectivity index (χ1) is 9.94. The molecule has 1 atom stereocenters. The van der Waals surface area contributed by atoms with Crippen molar-refractivity contribution in [2.24, 2.45) is 5.92 Å². The molecule has 122 valence electrons. The Morgan fingerprint density at radius 2 is 1.71 bits per heavy atom. The number of hydrogen-bond acceptors (Lipinski definition) is 1. The maximum absolute atomic E-state index is 6.35. The average molecular weight is 309 g/mol. The summed E-state index contributed by atoms with van der Waals surface area (Å²) in [7, 11) is -1.53. The Labute approximate surface area is 134 Å². The van der Waals surface area contributed by atoms with Crippen LogP contribution in [0, 0.1) is 5.92 Å². The Balaban J connectivity index is 4.82. The highest BCUT2D eigenvalue weighted by molar-refractivity contribution is 6.73. The maximum Gasteiger partial charge on any atom is 0.249 e. The average Bonchev–Trinajstić information content (AvgIpc) is 2.47. The number of rotatable bonds is 11. The second-order valence-electron chi connectivity index (χ2n) is 6.31. The molecule has 0 heterocycles. The van der Waals surface area contributed by atoms with Crippen LogP contribution in [0.5, 0.6) is 0 Å². The Hall–Kier alpha value is -0.763. The first-order valence-corrected chi connectivity index (χ1v) is 11.1. The van der Waals surface area contributed by atoms with Gasteiger partial charge in [-0.3, -0.25) is 0 Å². The largest absolute Gasteiger partial charge is 0.549 e. The zero-order chi connectivity index (χ0) is 16.3. The molecule has 0 saturated carbocycles. The van der Waals surface area contributed by atoms with Gasteiger partial charge in [-0.25, -0.2) is 0 Å². The molecule has 1 nitrogen and oxygen atoms in total. The van der Waals surface area contributed by atoms with Crippen molar-refractivity contribution < 1.29 is 4.43 Å². The minimum atomic E-state index is -1.53. The molecule has 0 aromatic rings. The third kappa shape index (κ3) is 7.70. The zero-order valence-electron chi connectivity index (χ0n) is 15.2. The lowest BCUT2D eigenvalue weighted by Gasteiger charge is -2.28. The van der Waals surface area contributed by atoms with E-state index in [-0.39, 0.29) is 0 Å². The van der Waals surface area contributed by atoms with Gasteiger partial charge in [0.25, 0.3) is 0 Å². The summed E-state index contributed by atoms with van der Waals surface area (Å²) in [6.45, 7) is 17.4. The molecule has 0 aliphatic heterocycles. The van der Waals surface area contributed by atoms with E-state index >= 15 is 0 Å². The molecule has 0 radical (unpaired) electrons. The maximum atomic E-state index is 6.35. The van der Waals surface area contributed by atoms with Gasteiger partial charge in [0.2, 0.25) is 8.32 Å². The molecule has 0 rings (SSSR count). The van der Waals surface area contributed by atoms with Crippen molar-refractivity contribution in [3.63, 3.8) is 0 Å². The van der Waals surface area contributed by atoms with Crippen LogP contribution in [0.15, 0.2) is 36.1 Å². The summed E-state index contributed by atoms with van der Waals surface area (Å²) in [5.74, 6) is 0.566. The van der Waals surface area contributed by atoms with Crippen LogP contribution in [0.4, 0.5) is 0 Å². The molecule has 0 bridgehead atoms. The fraction of sp³-hybridized carbons (Fsp3) is 0.684. The van der Waals surface area contributed by atoms with Gasteiger partial charge in [0.05, 0.1) is 6.26 Å². The standard InChI is InChI=1S/C19H36OSi/c1-8-13-19(18(7)15-12-14-17(5)6)16-20-21(9-2,10-3)11-4/h8,14,16,18H,1,9-13,15H2,2-7H3/b19-16-. The monoisotopic (exact) mass is 308 g/mol. The summed E-state index contributed by atoms with van der Waals surface area (Å²) in [4.78, 5) is 0. The summed E-state index contributed by atoms with van der Waals surface area (Å²) in [6.07, 6.45) is 9.70. The molecule has 0 aromatic heterocycles. The number of allylic oxidation sites excluding steroid dienone is 4. The second-order valence-corrected chi connectivity index (χ2v) is 11.0. The number of hydrogen-bond donors (Lipinski definition) is 0. The Morgan fingerprint density at radius 1 is 1.14 bits per heavy atom. The topological polar surface area (TPSA) is 9.23 Å². The van der Waals surface area contributed by atoms with E-state index in [1.54, 1.807) is 0 Å². The predicted molar refractivity (Wildman–Crippen MR) is 99.0 cm³/mol. The summed E-state index contributed by atoms with van der Waals surface area (Å²) in [5.41, 5.74) is 2.81. The highest BCUT2D eigenvalue weighted by atomic mass is 28.4. The molecule has 0 aliphatic carbocycles. The van der Waals surface area contributed by atoms with Gasteiger partial charge in [0.15, 0.2) is 0 Å². The summed E-state index contributed by atoms with van der Waals surface area (Å²) >= 11 is 0. The van der Waals surface area contributed by atoms with Crippen molar-refractivity contribution in [1.29, 1.82) is 0 Å². The zero-order valence-corrected chi connectivity index (χ0v) is 16.2. The molecule has 2 heteroatoms. The molecule has 0 spiro atoms. The van der Waals surface area contributed by atoms with Gasteiger partial charge in [-0.2, -0.15) is 0 Å². The van der Waals surface area contributed by atoms with Gasteiger partial charge in [-0.15, -0.1) is 6.58 Å². The van der Waals surface area contributed by atoms with Crippen LogP contribution in [-0.2, 0) is 4.43 Å². The van der Waals surface area contributed by atoms with Gasteiger partial charge in [-0.05, 0) is 62.7 Å². The second kappa shape index (κ2) is 10.9. The van der Waals surface area contributed by atoms with Gasteiger partial charge < -0.3 is 4.43 Å².